The minimum Gasteiger partial charge on any atom is -0.427 e. The molecule has 0 amide bonds. The van der Waals surface area contributed by atoms with Crippen LogP contribution in [0.5, 0.6) is 0 Å². The third-order valence-corrected chi connectivity index (χ3v) is 11.4. The van der Waals surface area contributed by atoms with Gasteiger partial charge in [-0.3, -0.25) is 0 Å². The maximum absolute atomic E-state index is 6.12. The standard InChI is InChI=1S/C44H92OSi/c1-4-7-10-13-16-19-22-25-28-31-34-37-40-44(43-45-46,41-38-35-32-29-26-23-20-17-14-11-8-5-2)42-39-36-33-30-27-24-21-18-15-12-9-6-3/h4-43H2,1-3,46H3. The summed E-state index contributed by atoms with van der Waals surface area (Å²) in [5.41, 5.74) is 0.483. The largest absolute Gasteiger partial charge is 0.427 e. The monoisotopic (exact) mass is 665 g/mol. The van der Waals surface area contributed by atoms with Gasteiger partial charge in [-0.2, -0.15) is 0 Å². The minimum absolute atomic E-state index is 0.483. The zero-order valence-electron chi connectivity index (χ0n) is 33.2. The molecule has 0 N–H and O–H groups in total. The van der Waals surface area contributed by atoms with Gasteiger partial charge in [0, 0.05) is 6.61 Å². The molecule has 0 fully saturated rings. The molecule has 46 heavy (non-hydrogen) atoms. The molecule has 0 aromatic heterocycles. The first-order valence-electron chi connectivity index (χ1n) is 22.2. The van der Waals surface area contributed by atoms with Crippen LogP contribution in [0.25, 0.3) is 0 Å². The molecule has 0 atom stereocenters. The lowest BCUT2D eigenvalue weighted by Gasteiger charge is -2.34. The number of rotatable bonds is 41. The van der Waals surface area contributed by atoms with Gasteiger partial charge < -0.3 is 4.43 Å². The van der Waals surface area contributed by atoms with Crippen molar-refractivity contribution in [2.75, 3.05) is 6.61 Å². The Morgan fingerprint density at radius 2 is 0.457 bits per heavy atom. The van der Waals surface area contributed by atoms with Crippen LogP contribution < -0.4 is 0 Å². The summed E-state index contributed by atoms with van der Waals surface area (Å²) in [5, 5.41) is 0. The molecule has 2 heteroatoms. The summed E-state index contributed by atoms with van der Waals surface area (Å²) in [6, 6.07) is 0. The smallest absolute Gasteiger partial charge is 0.145 e. The summed E-state index contributed by atoms with van der Waals surface area (Å²) in [6.45, 7) is 8.02. The Hall–Kier alpha value is 0.177. The van der Waals surface area contributed by atoms with E-state index in [2.05, 4.69) is 20.8 Å². The molecule has 0 heterocycles. The molecule has 0 aromatic carbocycles. The van der Waals surface area contributed by atoms with Crippen molar-refractivity contribution in [1.82, 2.24) is 0 Å². The highest BCUT2D eigenvalue weighted by molar-refractivity contribution is 5.97. The summed E-state index contributed by atoms with van der Waals surface area (Å²) in [7, 11) is 0.904. The van der Waals surface area contributed by atoms with E-state index in [9.17, 15) is 0 Å². The molecule has 0 aliphatic heterocycles. The van der Waals surface area contributed by atoms with Gasteiger partial charge in [-0.1, -0.05) is 252 Å². The van der Waals surface area contributed by atoms with Gasteiger partial charge in [-0.05, 0) is 24.7 Å². The van der Waals surface area contributed by atoms with Crippen LogP contribution in [0.3, 0.4) is 0 Å². The first-order valence-corrected chi connectivity index (χ1v) is 23.0. The van der Waals surface area contributed by atoms with Crippen LogP contribution in [0, 0.1) is 5.41 Å². The average molecular weight is 665 g/mol. The highest BCUT2D eigenvalue weighted by atomic mass is 28.2. The molecule has 0 spiro atoms. The molecule has 0 bridgehead atoms. The van der Waals surface area contributed by atoms with Gasteiger partial charge >= 0.3 is 0 Å². The molecule has 0 aliphatic rings. The van der Waals surface area contributed by atoms with Crippen molar-refractivity contribution >= 4 is 10.5 Å². The SMILES string of the molecule is CCCCCCCCCCCCCCC(CCCCCCCCCCCCCC)(CCCCCCCCCCCCCC)CO[SiH3]. The van der Waals surface area contributed by atoms with Crippen molar-refractivity contribution in [3.8, 4) is 0 Å². The second-order valence-electron chi connectivity index (χ2n) is 15.9. The summed E-state index contributed by atoms with van der Waals surface area (Å²) in [6.07, 6.45) is 56.7. The Kier molecular flexibility index (Phi) is 39.8. The van der Waals surface area contributed by atoms with Crippen molar-refractivity contribution in [2.24, 2.45) is 5.41 Å². The number of hydrogen-bond acceptors (Lipinski definition) is 1. The van der Waals surface area contributed by atoms with Gasteiger partial charge in [0.15, 0.2) is 0 Å². The second-order valence-corrected chi connectivity index (χ2v) is 16.4. The molecule has 0 rings (SSSR count). The zero-order chi connectivity index (χ0) is 33.5. The molecular formula is C44H92OSi. The van der Waals surface area contributed by atoms with E-state index in [4.69, 9.17) is 4.43 Å². The summed E-state index contributed by atoms with van der Waals surface area (Å²) >= 11 is 0. The molecule has 278 valence electrons. The van der Waals surface area contributed by atoms with Crippen molar-refractivity contribution in [3.63, 3.8) is 0 Å². The normalized spacial score (nSPS) is 12.1. The van der Waals surface area contributed by atoms with Crippen LogP contribution in [0.1, 0.15) is 271 Å². The average Bonchev–Trinajstić information content (AvgIpc) is 3.06. The van der Waals surface area contributed by atoms with Crippen molar-refractivity contribution in [1.29, 1.82) is 0 Å². The fourth-order valence-electron chi connectivity index (χ4n) is 7.92. The van der Waals surface area contributed by atoms with E-state index in [1.807, 2.05) is 0 Å². The van der Waals surface area contributed by atoms with Gasteiger partial charge in [0.05, 0.1) is 0 Å². The topological polar surface area (TPSA) is 9.23 Å². The predicted molar refractivity (Wildman–Crippen MR) is 215 cm³/mol. The highest BCUT2D eigenvalue weighted by Gasteiger charge is 2.28. The first kappa shape index (κ1) is 46.2. The third kappa shape index (κ3) is 34.1. The fourth-order valence-corrected chi connectivity index (χ4v) is 8.53. The number of hydrogen-bond donors (Lipinski definition) is 0. The molecule has 0 aliphatic carbocycles. The van der Waals surface area contributed by atoms with Crippen molar-refractivity contribution < 1.29 is 4.43 Å². The zero-order valence-corrected chi connectivity index (χ0v) is 35.2. The van der Waals surface area contributed by atoms with Gasteiger partial charge in [-0.15, -0.1) is 0 Å². The van der Waals surface area contributed by atoms with Crippen LogP contribution in [-0.2, 0) is 4.43 Å². The van der Waals surface area contributed by atoms with Crippen LogP contribution >= 0.6 is 0 Å². The quantitative estimate of drug-likeness (QED) is 0.0467. The van der Waals surface area contributed by atoms with E-state index < -0.39 is 0 Å². The van der Waals surface area contributed by atoms with Gasteiger partial charge in [0.25, 0.3) is 0 Å². The molecule has 0 radical (unpaired) electrons. The van der Waals surface area contributed by atoms with Gasteiger partial charge in [0.1, 0.15) is 10.5 Å². The van der Waals surface area contributed by atoms with E-state index >= 15 is 0 Å². The summed E-state index contributed by atoms with van der Waals surface area (Å²) < 4.78 is 6.12. The van der Waals surface area contributed by atoms with Crippen LogP contribution in [0.15, 0.2) is 0 Å². The van der Waals surface area contributed by atoms with Crippen LogP contribution in [-0.4, -0.2) is 17.1 Å². The lowest BCUT2D eigenvalue weighted by atomic mass is 9.74. The Labute approximate surface area is 297 Å². The lowest BCUT2D eigenvalue weighted by molar-refractivity contribution is 0.107. The summed E-state index contributed by atoms with van der Waals surface area (Å²) in [4.78, 5) is 0. The van der Waals surface area contributed by atoms with E-state index in [-0.39, 0.29) is 0 Å². The summed E-state index contributed by atoms with van der Waals surface area (Å²) in [5.74, 6) is 0. The van der Waals surface area contributed by atoms with E-state index in [0.717, 1.165) is 17.1 Å². The molecule has 0 aromatic rings. The number of unbranched alkanes of at least 4 members (excludes halogenated alkanes) is 33. The Balaban J connectivity index is 4.34. The fraction of sp³-hybridized carbons (Fsp3) is 1.00. The Morgan fingerprint density at radius 1 is 0.283 bits per heavy atom. The van der Waals surface area contributed by atoms with Gasteiger partial charge in [0.2, 0.25) is 0 Å². The predicted octanol–water partition coefficient (Wildman–Crippen LogP) is 15.5. The van der Waals surface area contributed by atoms with Gasteiger partial charge in [-0.25, -0.2) is 0 Å². The van der Waals surface area contributed by atoms with Crippen LogP contribution in [0.2, 0.25) is 0 Å². The maximum atomic E-state index is 6.12. The van der Waals surface area contributed by atoms with E-state index in [1.165, 1.54) is 250 Å². The first-order chi connectivity index (χ1) is 22.7. The Bertz CT molecular complexity index is 465. The molecule has 0 unspecified atom stereocenters. The molecule has 0 saturated heterocycles. The van der Waals surface area contributed by atoms with Crippen LogP contribution in [0.4, 0.5) is 0 Å². The van der Waals surface area contributed by atoms with E-state index in [0.29, 0.717) is 5.41 Å². The Morgan fingerprint density at radius 3 is 0.630 bits per heavy atom. The third-order valence-electron chi connectivity index (χ3n) is 11.1. The van der Waals surface area contributed by atoms with E-state index in [1.54, 1.807) is 0 Å². The lowest BCUT2D eigenvalue weighted by Crippen LogP contribution is -2.27. The highest BCUT2D eigenvalue weighted by Crippen LogP contribution is 2.38. The molecule has 1 nitrogen and oxygen atoms in total. The second kappa shape index (κ2) is 39.6. The van der Waals surface area contributed by atoms with Crippen molar-refractivity contribution in [2.45, 2.75) is 271 Å². The van der Waals surface area contributed by atoms with Crippen molar-refractivity contribution in [3.05, 3.63) is 0 Å². The molecular weight excluding hydrogens is 573 g/mol. The minimum atomic E-state index is 0.483. The maximum Gasteiger partial charge on any atom is 0.145 e. The molecule has 0 saturated carbocycles.